The van der Waals surface area contributed by atoms with Crippen LogP contribution in [0.4, 0.5) is 0 Å². The lowest BCUT2D eigenvalue weighted by Crippen LogP contribution is -2.41. The molecule has 0 fully saturated rings. The molecule has 1 aliphatic heterocycles. The van der Waals surface area contributed by atoms with Crippen LogP contribution in [0.15, 0.2) is 72.8 Å². The monoisotopic (exact) mass is 416 g/mol. The van der Waals surface area contributed by atoms with E-state index in [0.717, 1.165) is 41.8 Å². The third-order valence-corrected chi connectivity index (χ3v) is 5.51. The molecule has 3 aromatic carbocycles. The van der Waals surface area contributed by atoms with E-state index in [9.17, 15) is 9.59 Å². The van der Waals surface area contributed by atoms with E-state index in [1.165, 1.54) is 25.0 Å². The number of esters is 2. The number of fused-ring (bicyclic) bond motifs is 1. The van der Waals surface area contributed by atoms with Crippen molar-refractivity contribution in [2.24, 2.45) is 0 Å². The minimum absolute atomic E-state index is 0.292. The first kappa shape index (κ1) is 20.8. The van der Waals surface area contributed by atoms with Crippen LogP contribution in [0.1, 0.15) is 36.1 Å². The van der Waals surface area contributed by atoms with E-state index in [4.69, 9.17) is 9.47 Å². The number of hydrogen-bond donors (Lipinski definition) is 0. The van der Waals surface area contributed by atoms with E-state index in [0.29, 0.717) is 11.5 Å². The van der Waals surface area contributed by atoms with Crippen LogP contribution in [0.5, 0.6) is 11.5 Å². The second-order valence-corrected chi connectivity index (χ2v) is 8.20. The Morgan fingerprint density at radius 2 is 1.10 bits per heavy atom. The van der Waals surface area contributed by atoms with Crippen LogP contribution in [0.25, 0.3) is 0 Å². The molecule has 0 saturated heterocycles. The summed E-state index contributed by atoms with van der Waals surface area (Å²) in [7, 11) is 0. The molecule has 0 unspecified atom stereocenters. The average Bonchev–Trinajstić information content (AvgIpc) is 3.05. The summed E-state index contributed by atoms with van der Waals surface area (Å²) in [4.78, 5) is 23.2. The molecule has 0 aromatic heterocycles. The van der Waals surface area contributed by atoms with Crippen molar-refractivity contribution in [3.05, 3.63) is 95.1 Å². The summed E-state index contributed by atoms with van der Waals surface area (Å²) in [6, 6.07) is 24.6. The van der Waals surface area contributed by atoms with Crippen molar-refractivity contribution in [3.63, 3.8) is 0 Å². The van der Waals surface area contributed by atoms with Gasteiger partial charge in [0.2, 0.25) is 0 Å². The van der Waals surface area contributed by atoms with Crippen LogP contribution >= 0.6 is 0 Å². The maximum absolute atomic E-state index is 11.6. The van der Waals surface area contributed by atoms with Gasteiger partial charge in [0.15, 0.2) is 11.5 Å². The lowest BCUT2D eigenvalue weighted by molar-refractivity contribution is -0.972. The summed E-state index contributed by atoms with van der Waals surface area (Å²) < 4.78 is 11.5. The normalized spacial score (nSPS) is 14.0. The molecular weight excluding hydrogens is 390 g/mol. The largest absolute Gasteiger partial charge is 0.423 e. The Hall–Kier alpha value is -3.44. The van der Waals surface area contributed by atoms with Gasteiger partial charge in [0.1, 0.15) is 26.2 Å². The molecule has 0 bridgehead atoms. The van der Waals surface area contributed by atoms with Gasteiger partial charge in [-0.05, 0) is 12.1 Å². The van der Waals surface area contributed by atoms with E-state index in [1.54, 1.807) is 0 Å². The van der Waals surface area contributed by atoms with E-state index in [-0.39, 0.29) is 0 Å². The minimum atomic E-state index is -0.444. The number of benzene rings is 3. The number of nitrogens with zero attached hydrogens (tertiary/aromatic N) is 1. The fraction of sp³-hybridized carbons (Fsp3) is 0.231. The molecule has 5 nitrogen and oxygen atoms in total. The fourth-order valence-corrected chi connectivity index (χ4v) is 4.41. The van der Waals surface area contributed by atoms with E-state index < -0.39 is 11.9 Å². The molecule has 31 heavy (non-hydrogen) atoms. The summed E-state index contributed by atoms with van der Waals surface area (Å²) >= 11 is 0. The first-order valence-electron chi connectivity index (χ1n) is 10.4. The molecule has 1 aliphatic rings. The van der Waals surface area contributed by atoms with Gasteiger partial charge in [-0.25, -0.2) is 0 Å². The highest BCUT2D eigenvalue weighted by molar-refractivity contribution is 5.74. The maximum Gasteiger partial charge on any atom is 0.308 e. The summed E-state index contributed by atoms with van der Waals surface area (Å²) in [5.74, 6) is -0.303. The highest BCUT2D eigenvalue weighted by Gasteiger charge is 2.37. The van der Waals surface area contributed by atoms with Crippen molar-refractivity contribution in [2.45, 2.75) is 40.0 Å². The van der Waals surface area contributed by atoms with Crippen LogP contribution in [0, 0.1) is 0 Å². The molecule has 4 rings (SSSR count). The fourth-order valence-electron chi connectivity index (χ4n) is 4.41. The number of carbonyl (C=O) groups is 2. The Labute approximate surface area is 182 Å². The smallest absolute Gasteiger partial charge is 0.308 e. The molecule has 5 heteroatoms. The highest BCUT2D eigenvalue weighted by atomic mass is 16.6. The van der Waals surface area contributed by atoms with Crippen LogP contribution in [0.3, 0.4) is 0 Å². The zero-order chi connectivity index (χ0) is 21.8. The van der Waals surface area contributed by atoms with Crippen molar-refractivity contribution < 1.29 is 23.5 Å². The van der Waals surface area contributed by atoms with Gasteiger partial charge >= 0.3 is 11.9 Å². The van der Waals surface area contributed by atoms with Gasteiger partial charge < -0.3 is 14.0 Å². The predicted molar refractivity (Wildman–Crippen MR) is 117 cm³/mol. The number of hydrogen-bond acceptors (Lipinski definition) is 4. The van der Waals surface area contributed by atoms with Crippen LogP contribution in [0.2, 0.25) is 0 Å². The second kappa shape index (κ2) is 8.74. The van der Waals surface area contributed by atoms with Crippen molar-refractivity contribution in [2.75, 3.05) is 0 Å². The Balaban J connectivity index is 1.72. The van der Waals surface area contributed by atoms with Crippen LogP contribution in [-0.4, -0.2) is 16.4 Å². The Morgan fingerprint density at radius 3 is 1.45 bits per heavy atom. The van der Waals surface area contributed by atoms with Gasteiger partial charge in [0.05, 0.1) is 0 Å². The molecule has 0 N–H and O–H groups in total. The molecule has 0 aliphatic carbocycles. The molecule has 158 valence electrons. The van der Waals surface area contributed by atoms with Crippen molar-refractivity contribution in [3.8, 4) is 11.5 Å². The van der Waals surface area contributed by atoms with Crippen LogP contribution in [-0.2, 0) is 35.8 Å². The molecule has 0 atom stereocenters. The van der Waals surface area contributed by atoms with Crippen molar-refractivity contribution >= 4 is 11.9 Å². The Morgan fingerprint density at radius 1 is 0.710 bits per heavy atom. The topological polar surface area (TPSA) is 52.6 Å². The highest BCUT2D eigenvalue weighted by Crippen LogP contribution is 2.40. The van der Waals surface area contributed by atoms with Crippen molar-refractivity contribution in [1.29, 1.82) is 0 Å². The third kappa shape index (κ3) is 5.01. The number of rotatable bonds is 6. The molecule has 1 heterocycles. The van der Waals surface area contributed by atoms with E-state index in [2.05, 4.69) is 48.5 Å². The van der Waals surface area contributed by atoms with Gasteiger partial charge in [-0.15, -0.1) is 0 Å². The van der Waals surface area contributed by atoms with Gasteiger partial charge in [-0.1, -0.05) is 60.7 Å². The molecule has 0 amide bonds. The SMILES string of the molecule is CC(=O)Oc1cc2c(cc1OC(C)=O)C[N+](Cc1ccccc1)(Cc1ccccc1)C2. The quantitative estimate of drug-likeness (QED) is 0.330. The van der Waals surface area contributed by atoms with E-state index in [1.807, 2.05) is 24.3 Å². The first-order chi connectivity index (χ1) is 14.9. The summed E-state index contributed by atoms with van der Waals surface area (Å²) in [6.07, 6.45) is 0. The zero-order valence-corrected chi connectivity index (χ0v) is 17.8. The zero-order valence-electron chi connectivity index (χ0n) is 17.8. The van der Waals surface area contributed by atoms with Gasteiger partial charge in [-0.3, -0.25) is 9.59 Å². The molecule has 0 radical (unpaired) electrons. The lowest BCUT2D eigenvalue weighted by Gasteiger charge is -2.34. The van der Waals surface area contributed by atoms with Gasteiger partial charge in [-0.2, -0.15) is 0 Å². The number of ether oxygens (including phenoxy) is 2. The van der Waals surface area contributed by atoms with Crippen LogP contribution < -0.4 is 9.47 Å². The Kier molecular flexibility index (Phi) is 5.87. The average molecular weight is 416 g/mol. The number of carbonyl (C=O) groups excluding carboxylic acids is 2. The molecule has 0 spiro atoms. The number of quaternary nitrogens is 1. The maximum atomic E-state index is 11.6. The molecule has 3 aromatic rings. The summed E-state index contributed by atoms with van der Waals surface area (Å²) in [5, 5.41) is 0. The lowest BCUT2D eigenvalue weighted by atomic mass is 10.1. The second-order valence-electron chi connectivity index (χ2n) is 8.20. The molecular formula is C26H26NO4+. The van der Waals surface area contributed by atoms with E-state index >= 15 is 0 Å². The third-order valence-electron chi connectivity index (χ3n) is 5.51. The van der Waals surface area contributed by atoms with Gasteiger partial charge in [0.25, 0.3) is 0 Å². The molecule has 0 saturated carbocycles. The Bertz CT molecular complexity index is 1000. The predicted octanol–water partition coefficient (Wildman–Crippen LogP) is 4.77. The summed E-state index contributed by atoms with van der Waals surface area (Å²) in [6.45, 7) is 6.03. The van der Waals surface area contributed by atoms with Crippen molar-refractivity contribution in [1.82, 2.24) is 0 Å². The first-order valence-corrected chi connectivity index (χ1v) is 10.4. The van der Waals surface area contributed by atoms with Gasteiger partial charge in [0, 0.05) is 36.1 Å². The standard InChI is InChI=1S/C26H26NO4/c1-19(28)30-25-13-23-17-27(15-21-9-5-3-6-10-21,16-22-11-7-4-8-12-22)18-24(23)14-26(25)31-20(2)29/h3-14H,15-18H2,1-2H3/q+1. The summed E-state index contributed by atoms with van der Waals surface area (Å²) in [5.41, 5.74) is 4.76. The minimum Gasteiger partial charge on any atom is -0.423 e.